The Hall–Kier alpha value is -1.83. The van der Waals surface area contributed by atoms with Gasteiger partial charge in [-0.1, -0.05) is 6.07 Å². The predicted octanol–water partition coefficient (Wildman–Crippen LogP) is 3.50. The van der Waals surface area contributed by atoms with Crippen molar-refractivity contribution >= 4 is 33.1 Å². The Morgan fingerprint density at radius 3 is 2.57 bits per heavy atom. The minimum Gasteiger partial charge on any atom is -0.368 e. The largest absolute Gasteiger partial charge is 0.368 e. The zero-order valence-electron chi connectivity index (χ0n) is 17.7. The van der Waals surface area contributed by atoms with Gasteiger partial charge in [0.15, 0.2) is 0 Å². The first-order valence-corrected chi connectivity index (χ1v) is 12.4. The van der Waals surface area contributed by atoms with Crippen molar-refractivity contribution in [2.24, 2.45) is 5.92 Å². The van der Waals surface area contributed by atoms with Crippen molar-refractivity contribution in [2.45, 2.75) is 38.1 Å². The molecule has 6 nitrogen and oxygen atoms in total. The third-order valence-electron chi connectivity index (χ3n) is 6.83. The number of fused-ring (bicyclic) bond motifs is 1. The SMILES string of the molecule is O=C(NC1CC1)NN1CCC(CCN2CCN(c3cccc4sccc34)CC2)CC1. The Labute approximate surface area is 183 Å². The molecule has 1 saturated carbocycles. The molecule has 162 valence electrons. The smallest absolute Gasteiger partial charge is 0.329 e. The lowest BCUT2D eigenvalue weighted by Crippen LogP contribution is -2.51. The topological polar surface area (TPSA) is 50.9 Å². The summed E-state index contributed by atoms with van der Waals surface area (Å²) in [4.78, 5) is 17.1. The molecule has 2 aromatic rings. The second kappa shape index (κ2) is 9.12. The van der Waals surface area contributed by atoms with E-state index in [1.165, 1.54) is 41.6 Å². The van der Waals surface area contributed by atoms with Crippen LogP contribution in [0.2, 0.25) is 0 Å². The van der Waals surface area contributed by atoms with Crippen molar-refractivity contribution < 1.29 is 4.79 Å². The molecule has 2 saturated heterocycles. The van der Waals surface area contributed by atoms with Gasteiger partial charge in [-0.15, -0.1) is 11.3 Å². The minimum absolute atomic E-state index is 0.0213. The second-order valence-electron chi connectivity index (χ2n) is 9.02. The van der Waals surface area contributed by atoms with Gasteiger partial charge >= 0.3 is 6.03 Å². The van der Waals surface area contributed by atoms with Crippen LogP contribution in [0.4, 0.5) is 10.5 Å². The number of hydrazine groups is 1. The maximum absolute atomic E-state index is 11.9. The molecule has 30 heavy (non-hydrogen) atoms. The molecule has 0 bridgehead atoms. The molecule has 0 atom stereocenters. The summed E-state index contributed by atoms with van der Waals surface area (Å²) >= 11 is 1.83. The van der Waals surface area contributed by atoms with Crippen molar-refractivity contribution in [1.29, 1.82) is 0 Å². The van der Waals surface area contributed by atoms with Gasteiger partial charge in [-0.05, 0) is 68.1 Å². The lowest BCUT2D eigenvalue weighted by Gasteiger charge is -2.38. The van der Waals surface area contributed by atoms with Crippen LogP contribution in [0.1, 0.15) is 32.1 Å². The first-order chi connectivity index (χ1) is 14.7. The average molecular weight is 428 g/mol. The molecule has 5 rings (SSSR count). The van der Waals surface area contributed by atoms with Crippen molar-refractivity contribution in [3.8, 4) is 0 Å². The van der Waals surface area contributed by atoms with Crippen molar-refractivity contribution in [1.82, 2.24) is 20.7 Å². The number of nitrogens with zero attached hydrogens (tertiary/aromatic N) is 3. The van der Waals surface area contributed by atoms with E-state index in [1.807, 2.05) is 11.3 Å². The van der Waals surface area contributed by atoms with Gasteiger partial charge in [0.05, 0.1) is 0 Å². The van der Waals surface area contributed by atoms with Gasteiger partial charge in [0.1, 0.15) is 0 Å². The molecule has 7 heteroatoms. The third-order valence-corrected chi connectivity index (χ3v) is 7.71. The molecule has 1 aromatic heterocycles. The lowest BCUT2D eigenvalue weighted by molar-refractivity contribution is 0.120. The van der Waals surface area contributed by atoms with Crippen LogP contribution >= 0.6 is 11.3 Å². The normalized spacial score (nSPS) is 21.8. The summed E-state index contributed by atoms with van der Waals surface area (Å²) in [6.45, 7) is 7.70. The van der Waals surface area contributed by atoms with E-state index in [9.17, 15) is 4.79 Å². The van der Waals surface area contributed by atoms with E-state index in [4.69, 9.17) is 0 Å². The zero-order valence-corrected chi connectivity index (χ0v) is 18.5. The second-order valence-corrected chi connectivity index (χ2v) is 9.96. The Morgan fingerprint density at radius 1 is 1.00 bits per heavy atom. The molecule has 2 amide bonds. The number of amides is 2. The van der Waals surface area contributed by atoms with Gasteiger partial charge in [-0.2, -0.15) is 0 Å². The number of rotatable bonds is 6. The summed E-state index contributed by atoms with van der Waals surface area (Å²) in [6, 6.07) is 9.35. The average Bonchev–Trinajstić information content (AvgIpc) is 3.45. The highest BCUT2D eigenvalue weighted by Crippen LogP contribution is 2.31. The van der Waals surface area contributed by atoms with Crippen molar-refractivity contribution in [2.75, 3.05) is 50.7 Å². The van der Waals surface area contributed by atoms with Crippen LogP contribution in [-0.2, 0) is 0 Å². The number of urea groups is 1. The quantitative estimate of drug-likeness (QED) is 0.741. The number of anilines is 1. The molecule has 0 radical (unpaired) electrons. The van der Waals surface area contributed by atoms with Gasteiger partial charge in [0.2, 0.25) is 0 Å². The third kappa shape index (κ3) is 4.90. The van der Waals surface area contributed by atoms with E-state index in [2.05, 4.69) is 55.2 Å². The highest BCUT2D eigenvalue weighted by molar-refractivity contribution is 7.17. The van der Waals surface area contributed by atoms with E-state index < -0.39 is 0 Å². The number of hydrogen-bond acceptors (Lipinski definition) is 5. The fourth-order valence-corrected chi connectivity index (χ4v) is 5.56. The molecule has 2 N–H and O–H groups in total. The predicted molar refractivity (Wildman–Crippen MR) is 124 cm³/mol. The van der Waals surface area contributed by atoms with E-state index >= 15 is 0 Å². The van der Waals surface area contributed by atoms with Crippen LogP contribution in [0.15, 0.2) is 29.6 Å². The fraction of sp³-hybridized carbons (Fsp3) is 0.609. The number of benzene rings is 1. The highest BCUT2D eigenvalue weighted by atomic mass is 32.1. The van der Waals surface area contributed by atoms with Crippen LogP contribution in [0.25, 0.3) is 10.1 Å². The maximum Gasteiger partial charge on any atom is 0.329 e. The van der Waals surface area contributed by atoms with Crippen LogP contribution in [0.5, 0.6) is 0 Å². The van der Waals surface area contributed by atoms with E-state index in [0.717, 1.165) is 58.0 Å². The summed E-state index contributed by atoms with van der Waals surface area (Å²) in [7, 11) is 0. The van der Waals surface area contributed by atoms with Crippen LogP contribution < -0.4 is 15.6 Å². The molecule has 3 fully saturated rings. The fourth-order valence-electron chi connectivity index (χ4n) is 4.75. The molecule has 2 aliphatic heterocycles. The molecule has 3 aliphatic rings. The standard InChI is InChI=1S/C23H33N5OS/c29-23(24-19-4-5-19)25-28-11-7-18(8-12-28)6-10-26-13-15-27(16-14-26)21-2-1-3-22-20(21)9-17-30-22/h1-3,9,17-19H,4-8,10-16H2,(H2,24,25,29). The highest BCUT2D eigenvalue weighted by Gasteiger charge is 2.26. The van der Waals surface area contributed by atoms with E-state index in [-0.39, 0.29) is 6.03 Å². The molecular formula is C23H33N5OS. The van der Waals surface area contributed by atoms with E-state index in [1.54, 1.807) is 0 Å². The number of carbonyl (C=O) groups is 1. The van der Waals surface area contributed by atoms with Crippen LogP contribution in [0.3, 0.4) is 0 Å². The summed E-state index contributed by atoms with van der Waals surface area (Å²) in [6.07, 6.45) is 5.91. The number of piperazine rings is 1. The number of piperidine rings is 1. The number of thiophene rings is 1. The Kier molecular flexibility index (Phi) is 6.11. The Morgan fingerprint density at radius 2 is 1.80 bits per heavy atom. The summed E-state index contributed by atoms with van der Waals surface area (Å²) in [5, 5.41) is 8.70. The number of hydrogen-bond donors (Lipinski definition) is 2. The summed E-state index contributed by atoms with van der Waals surface area (Å²) < 4.78 is 1.39. The summed E-state index contributed by atoms with van der Waals surface area (Å²) in [5.41, 5.74) is 4.42. The van der Waals surface area contributed by atoms with E-state index in [0.29, 0.717) is 6.04 Å². The van der Waals surface area contributed by atoms with Gasteiger partial charge in [0, 0.05) is 61.1 Å². The lowest BCUT2D eigenvalue weighted by atomic mass is 9.94. The molecule has 1 aliphatic carbocycles. The minimum atomic E-state index is -0.0213. The monoisotopic (exact) mass is 427 g/mol. The molecule has 0 spiro atoms. The molecular weight excluding hydrogens is 394 g/mol. The number of carbonyl (C=O) groups excluding carboxylic acids is 1. The Balaban J connectivity index is 1.02. The van der Waals surface area contributed by atoms with Crippen LogP contribution in [0, 0.1) is 5.92 Å². The van der Waals surface area contributed by atoms with Gasteiger partial charge in [-0.3, -0.25) is 10.3 Å². The van der Waals surface area contributed by atoms with Gasteiger partial charge in [-0.25, -0.2) is 9.80 Å². The maximum atomic E-state index is 11.9. The first-order valence-electron chi connectivity index (χ1n) is 11.5. The summed E-state index contributed by atoms with van der Waals surface area (Å²) in [5.74, 6) is 0.784. The number of nitrogens with one attached hydrogen (secondary N) is 2. The van der Waals surface area contributed by atoms with Crippen molar-refractivity contribution in [3.63, 3.8) is 0 Å². The first kappa shape index (κ1) is 20.1. The molecule has 1 aromatic carbocycles. The molecule has 3 heterocycles. The zero-order chi connectivity index (χ0) is 20.3. The van der Waals surface area contributed by atoms with Gasteiger partial charge in [0.25, 0.3) is 0 Å². The van der Waals surface area contributed by atoms with Crippen molar-refractivity contribution in [3.05, 3.63) is 29.6 Å². The van der Waals surface area contributed by atoms with Crippen LogP contribution in [-0.4, -0.2) is 67.8 Å². The Bertz CT molecular complexity index is 850. The van der Waals surface area contributed by atoms with Gasteiger partial charge < -0.3 is 10.2 Å². The molecule has 0 unspecified atom stereocenters.